The van der Waals surface area contributed by atoms with Crippen molar-refractivity contribution in [3.63, 3.8) is 0 Å². The largest absolute Gasteiger partial charge is 0.369 e. The summed E-state index contributed by atoms with van der Waals surface area (Å²) in [6.07, 6.45) is 1.25. The summed E-state index contributed by atoms with van der Waals surface area (Å²) in [7, 11) is 0. The molecule has 0 spiro atoms. The van der Waals surface area contributed by atoms with E-state index >= 15 is 0 Å². The van der Waals surface area contributed by atoms with E-state index in [4.69, 9.17) is 0 Å². The number of rotatable bonds is 5. The standard InChI is InChI=1S/C20H26N2/c1-18(19-8-4-2-5-9-19)12-13-21-14-16-22(17-15-21)20-10-6-3-7-11-20/h2-11,18H,12-17H2,1H3/t18-/m1/s1. The van der Waals surface area contributed by atoms with Gasteiger partial charge in [0.25, 0.3) is 0 Å². The van der Waals surface area contributed by atoms with Gasteiger partial charge >= 0.3 is 0 Å². The smallest absolute Gasteiger partial charge is 0.0367 e. The summed E-state index contributed by atoms with van der Waals surface area (Å²) in [4.78, 5) is 5.11. The highest BCUT2D eigenvalue weighted by molar-refractivity contribution is 5.46. The molecule has 0 aliphatic carbocycles. The van der Waals surface area contributed by atoms with Crippen LogP contribution in [0.25, 0.3) is 0 Å². The summed E-state index contributed by atoms with van der Waals surface area (Å²) in [5, 5.41) is 0. The molecule has 1 aliphatic heterocycles. The molecular formula is C20H26N2. The van der Waals surface area contributed by atoms with E-state index in [2.05, 4.69) is 77.4 Å². The van der Waals surface area contributed by atoms with Gasteiger partial charge in [-0.2, -0.15) is 0 Å². The quantitative estimate of drug-likeness (QED) is 0.822. The van der Waals surface area contributed by atoms with E-state index in [-0.39, 0.29) is 0 Å². The minimum absolute atomic E-state index is 0.647. The third kappa shape index (κ3) is 3.89. The van der Waals surface area contributed by atoms with Crippen molar-refractivity contribution in [3.8, 4) is 0 Å². The molecular weight excluding hydrogens is 268 g/mol. The van der Waals surface area contributed by atoms with E-state index in [0.29, 0.717) is 5.92 Å². The van der Waals surface area contributed by atoms with Crippen LogP contribution in [-0.4, -0.2) is 37.6 Å². The second-order valence-electron chi connectivity index (χ2n) is 6.26. The Morgan fingerprint density at radius 3 is 2.05 bits per heavy atom. The van der Waals surface area contributed by atoms with Crippen LogP contribution in [0.2, 0.25) is 0 Å². The Morgan fingerprint density at radius 1 is 0.818 bits per heavy atom. The molecule has 2 heteroatoms. The van der Waals surface area contributed by atoms with Crippen LogP contribution < -0.4 is 4.90 Å². The lowest BCUT2D eigenvalue weighted by Crippen LogP contribution is -2.46. The van der Waals surface area contributed by atoms with E-state index in [1.54, 1.807) is 0 Å². The average molecular weight is 294 g/mol. The Hall–Kier alpha value is -1.80. The summed E-state index contributed by atoms with van der Waals surface area (Å²) in [5.74, 6) is 0.647. The van der Waals surface area contributed by atoms with Gasteiger partial charge in [-0.1, -0.05) is 55.5 Å². The number of piperazine rings is 1. The van der Waals surface area contributed by atoms with Gasteiger partial charge in [-0.15, -0.1) is 0 Å². The van der Waals surface area contributed by atoms with Crippen LogP contribution in [0.4, 0.5) is 5.69 Å². The molecule has 0 N–H and O–H groups in total. The normalized spacial score (nSPS) is 17.4. The maximum atomic E-state index is 2.61. The summed E-state index contributed by atoms with van der Waals surface area (Å²) < 4.78 is 0. The lowest BCUT2D eigenvalue weighted by molar-refractivity contribution is 0.250. The van der Waals surface area contributed by atoms with E-state index < -0.39 is 0 Å². The van der Waals surface area contributed by atoms with Crippen molar-refractivity contribution in [2.45, 2.75) is 19.3 Å². The molecule has 2 aromatic carbocycles. The second kappa shape index (κ2) is 7.46. The first-order chi connectivity index (χ1) is 10.8. The van der Waals surface area contributed by atoms with Crippen LogP contribution in [-0.2, 0) is 0 Å². The van der Waals surface area contributed by atoms with Crippen LogP contribution in [0.1, 0.15) is 24.8 Å². The van der Waals surface area contributed by atoms with E-state index in [0.717, 1.165) is 13.1 Å². The Bertz CT molecular complexity index is 544. The topological polar surface area (TPSA) is 6.48 Å². The van der Waals surface area contributed by atoms with Gasteiger partial charge in [0.2, 0.25) is 0 Å². The molecule has 3 rings (SSSR count). The predicted octanol–water partition coefficient (Wildman–Crippen LogP) is 4.00. The maximum Gasteiger partial charge on any atom is 0.0367 e. The molecule has 0 amide bonds. The minimum Gasteiger partial charge on any atom is -0.369 e. The summed E-state index contributed by atoms with van der Waals surface area (Å²) in [5.41, 5.74) is 2.82. The van der Waals surface area contributed by atoms with Gasteiger partial charge in [-0.3, -0.25) is 4.90 Å². The monoisotopic (exact) mass is 294 g/mol. The predicted molar refractivity (Wildman–Crippen MR) is 94.6 cm³/mol. The molecule has 1 heterocycles. The Labute approximate surface area is 134 Å². The molecule has 1 atom stereocenters. The molecule has 1 saturated heterocycles. The highest BCUT2D eigenvalue weighted by Crippen LogP contribution is 2.20. The third-order valence-corrected chi connectivity index (χ3v) is 4.74. The van der Waals surface area contributed by atoms with Crippen molar-refractivity contribution in [1.29, 1.82) is 0 Å². The minimum atomic E-state index is 0.647. The highest BCUT2D eigenvalue weighted by Gasteiger charge is 2.17. The zero-order valence-corrected chi connectivity index (χ0v) is 13.5. The van der Waals surface area contributed by atoms with Gasteiger partial charge in [-0.25, -0.2) is 0 Å². The fraction of sp³-hybridized carbons (Fsp3) is 0.400. The molecule has 2 nitrogen and oxygen atoms in total. The van der Waals surface area contributed by atoms with Gasteiger partial charge in [0.05, 0.1) is 0 Å². The number of para-hydroxylation sites is 1. The van der Waals surface area contributed by atoms with E-state index in [9.17, 15) is 0 Å². The number of hydrogen-bond acceptors (Lipinski definition) is 2. The number of nitrogens with zero attached hydrogens (tertiary/aromatic N) is 2. The molecule has 0 aromatic heterocycles. The van der Waals surface area contributed by atoms with E-state index in [1.807, 2.05) is 0 Å². The lowest BCUT2D eigenvalue weighted by Gasteiger charge is -2.36. The molecule has 0 unspecified atom stereocenters. The van der Waals surface area contributed by atoms with Crippen molar-refractivity contribution in [3.05, 3.63) is 66.2 Å². The highest BCUT2D eigenvalue weighted by atomic mass is 15.3. The zero-order chi connectivity index (χ0) is 15.2. The summed E-state index contributed by atoms with van der Waals surface area (Å²) >= 11 is 0. The van der Waals surface area contributed by atoms with Crippen LogP contribution in [0.5, 0.6) is 0 Å². The van der Waals surface area contributed by atoms with Crippen LogP contribution in [0, 0.1) is 0 Å². The molecule has 22 heavy (non-hydrogen) atoms. The molecule has 0 saturated carbocycles. The Morgan fingerprint density at radius 2 is 1.41 bits per heavy atom. The van der Waals surface area contributed by atoms with Gasteiger partial charge in [-0.05, 0) is 36.6 Å². The second-order valence-corrected chi connectivity index (χ2v) is 6.26. The number of benzene rings is 2. The number of hydrogen-bond donors (Lipinski definition) is 0. The van der Waals surface area contributed by atoms with Gasteiger partial charge in [0.1, 0.15) is 0 Å². The molecule has 116 valence electrons. The first-order valence-electron chi connectivity index (χ1n) is 8.40. The van der Waals surface area contributed by atoms with Gasteiger partial charge < -0.3 is 4.90 Å². The van der Waals surface area contributed by atoms with E-state index in [1.165, 1.54) is 37.3 Å². The average Bonchev–Trinajstić information content (AvgIpc) is 2.61. The molecule has 0 radical (unpaired) electrons. The van der Waals surface area contributed by atoms with Gasteiger partial charge in [0, 0.05) is 31.9 Å². The first-order valence-corrected chi connectivity index (χ1v) is 8.40. The first kappa shape index (κ1) is 15.1. The maximum absolute atomic E-state index is 2.61. The Kier molecular flexibility index (Phi) is 5.12. The van der Waals surface area contributed by atoms with Gasteiger partial charge in [0.15, 0.2) is 0 Å². The van der Waals surface area contributed by atoms with Crippen molar-refractivity contribution in [2.24, 2.45) is 0 Å². The summed E-state index contributed by atoms with van der Waals surface area (Å²) in [6, 6.07) is 21.7. The fourth-order valence-corrected chi connectivity index (χ4v) is 3.19. The van der Waals surface area contributed by atoms with Crippen LogP contribution >= 0.6 is 0 Å². The molecule has 1 aliphatic rings. The SMILES string of the molecule is C[C@H](CCN1CCN(c2ccccc2)CC1)c1ccccc1. The van der Waals surface area contributed by atoms with Crippen molar-refractivity contribution < 1.29 is 0 Å². The summed E-state index contributed by atoms with van der Waals surface area (Å²) in [6.45, 7) is 8.19. The lowest BCUT2D eigenvalue weighted by atomic mass is 9.97. The number of anilines is 1. The van der Waals surface area contributed by atoms with Crippen molar-refractivity contribution in [1.82, 2.24) is 4.90 Å². The van der Waals surface area contributed by atoms with Crippen LogP contribution in [0.15, 0.2) is 60.7 Å². The van der Waals surface area contributed by atoms with Crippen LogP contribution in [0.3, 0.4) is 0 Å². The van der Waals surface area contributed by atoms with Crippen molar-refractivity contribution >= 4 is 5.69 Å². The molecule has 1 fully saturated rings. The van der Waals surface area contributed by atoms with Crippen molar-refractivity contribution in [2.75, 3.05) is 37.6 Å². The third-order valence-electron chi connectivity index (χ3n) is 4.74. The zero-order valence-electron chi connectivity index (χ0n) is 13.5. The Balaban J connectivity index is 1.44. The fourth-order valence-electron chi connectivity index (χ4n) is 3.19. The molecule has 0 bridgehead atoms. The molecule has 2 aromatic rings.